The second kappa shape index (κ2) is 5.90. The summed E-state index contributed by atoms with van der Waals surface area (Å²) in [5.74, 6) is 0. The lowest BCUT2D eigenvalue weighted by Gasteiger charge is -2.04. The Bertz CT molecular complexity index is 718. The molecule has 0 aliphatic carbocycles. The third-order valence-corrected chi connectivity index (χ3v) is 4.74. The van der Waals surface area contributed by atoms with E-state index >= 15 is 0 Å². The van der Waals surface area contributed by atoms with E-state index in [4.69, 9.17) is 4.98 Å². The molecule has 3 rings (SSSR count). The number of hydrogen-bond acceptors (Lipinski definition) is 6. The third kappa shape index (κ3) is 2.70. The van der Waals surface area contributed by atoms with Gasteiger partial charge in [-0.1, -0.05) is 24.3 Å². The standard InChI is InChI=1S/C13H15N5S2/c1-3-14-8-10-12(20-13-17-16-9(2)19-13)15-11-6-4-5-7-18(10)11/h4-7,14H,3,8H2,1-2H3. The molecule has 3 aromatic heterocycles. The van der Waals surface area contributed by atoms with Crippen molar-refractivity contribution in [1.29, 1.82) is 0 Å². The van der Waals surface area contributed by atoms with E-state index < -0.39 is 0 Å². The van der Waals surface area contributed by atoms with Gasteiger partial charge in [0, 0.05) is 12.7 Å². The van der Waals surface area contributed by atoms with Crippen LogP contribution in [0.2, 0.25) is 0 Å². The van der Waals surface area contributed by atoms with E-state index in [2.05, 4.69) is 26.8 Å². The molecular formula is C13H15N5S2. The van der Waals surface area contributed by atoms with Gasteiger partial charge in [0.1, 0.15) is 15.7 Å². The topological polar surface area (TPSA) is 55.1 Å². The largest absolute Gasteiger partial charge is 0.311 e. The van der Waals surface area contributed by atoms with Crippen LogP contribution in [0, 0.1) is 6.92 Å². The van der Waals surface area contributed by atoms with Gasteiger partial charge in [0.05, 0.1) is 5.69 Å². The fourth-order valence-electron chi connectivity index (χ4n) is 1.91. The maximum Gasteiger partial charge on any atom is 0.180 e. The number of hydrogen-bond donors (Lipinski definition) is 1. The quantitative estimate of drug-likeness (QED) is 0.785. The van der Waals surface area contributed by atoms with Crippen molar-refractivity contribution in [2.75, 3.05) is 6.54 Å². The Morgan fingerprint density at radius 1 is 1.35 bits per heavy atom. The summed E-state index contributed by atoms with van der Waals surface area (Å²) in [7, 11) is 0. The zero-order valence-electron chi connectivity index (χ0n) is 11.3. The van der Waals surface area contributed by atoms with Gasteiger partial charge in [0.2, 0.25) is 0 Å². The van der Waals surface area contributed by atoms with Gasteiger partial charge in [-0.05, 0) is 37.4 Å². The fraction of sp³-hybridized carbons (Fsp3) is 0.308. The van der Waals surface area contributed by atoms with Gasteiger partial charge in [-0.15, -0.1) is 10.2 Å². The van der Waals surface area contributed by atoms with Gasteiger partial charge in [-0.3, -0.25) is 0 Å². The van der Waals surface area contributed by atoms with Crippen molar-refractivity contribution in [2.24, 2.45) is 0 Å². The van der Waals surface area contributed by atoms with Crippen molar-refractivity contribution in [3.8, 4) is 0 Å². The number of imidazole rings is 1. The Morgan fingerprint density at radius 2 is 2.25 bits per heavy atom. The molecular weight excluding hydrogens is 290 g/mol. The monoisotopic (exact) mass is 305 g/mol. The van der Waals surface area contributed by atoms with E-state index in [1.807, 2.05) is 31.3 Å². The normalized spacial score (nSPS) is 11.3. The molecule has 0 aliphatic rings. The molecule has 0 spiro atoms. The smallest absolute Gasteiger partial charge is 0.180 e. The van der Waals surface area contributed by atoms with Crippen LogP contribution in [-0.2, 0) is 6.54 Å². The molecule has 0 amide bonds. The summed E-state index contributed by atoms with van der Waals surface area (Å²) in [5.41, 5.74) is 2.13. The maximum absolute atomic E-state index is 4.69. The molecule has 0 radical (unpaired) electrons. The summed E-state index contributed by atoms with van der Waals surface area (Å²) in [4.78, 5) is 4.69. The molecule has 0 aromatic carbocycles. The first-order valence-corrected chi connectivity index (χ1v) is 8.06. The zero-order valence-corrected chi connectivity index (χ0v) is 13.0. The Labute approximate surface area is 125 Å². The van der Waals surface area contributed by atoms with E-state index in [-0.39, 0.29) is 0 Å². The second-order valence-corrected chi connectivity index (χ2v) is 6.68. The highest BCUT2D eigenvalue weighted by Gasteiger charge is 2.14. The van der Waals surface area contributed by atoms with E-state index in [9.17, 15) is 0 Å². The van der Waals surface area contributed by atoms with Gasteiger partial charge >= 0.3 is 0 Å². The van der Waals surface area contributed by atoms with Gasteiger partial charge in [0.15, 0.2) is 4.34 Å². The minimum atomic E-state index is 0.793. The SMILES string of the molecule is CCNCc1c(Sc2nnc(C)s2)nc2ccccn12. The molecule has 3 aromatic rings. The third-order valence-electron chi connectivity index (χ3n) is 2.83. The molecule has 104 valence electrons. The molecule has 1 N–H and O–H groups in total. The first-order valence-electron chi connectivity index (χ1n) is 6.42. The van der Waals surface area contributed by atoms with Crippen LogP contribution in [0.25, 0.3) is 5.65 Å². The average Bonchev–Trinajstić information content (AvgIpc) is 3.00. The molecule has 5 nitrogen and oxygen atoms in total. The Balaban J connectivity index is 1.99. The predicted octanol–water partition coefficient (Wildman–Crippen LogP) is 2.75. The minimum Gasteiger partial charge on any atom is -0.311 e. The number of fused-ring (bicyclic) bond motifs is 1. The summed E-state index contributed by atoms with van der Waals surface area (Å²) in [6, 6.07) is 6.04. The maximum atomic E-state index is 4.69. The fourth-order valence-corrected chi connectivity index (χ4v) is 3.77. The Kier molecular flexibility index (Phi) is 4.00. The van der Waals surface area contributed by atoms with Crippen molar-refractivity contribution in [3.63, 3.8) is 0 Å². The highest BCUT2D eigenvalue weighted by atomic mass is 32.2. The van der Waals surface area contributed by atoms with Crippen LogP contribution in [0.5, 0.6) is 0 Å². The molecule has 0 bridgehead atoms. The van der Waals surface area contributed by atoms with Crippen molar-refractivity contribution in [2.45, 2.75) is 29.8 Å². The number of rotatable bonds is 5. The van der Waals surface area contributed by atoms with E-state index in [1.165, 1.54) is 5.69 Å². The van der Waals surface area contributed by atoms with Gasteiger partial charge in [-0.2, -0.15) is 0 Å². The Hall–Kier alpha value is -1.44. The highest BCUT2D eigenvalue weighted by molar-refractivity contribution is 8.01. The number of nitrogens with one attached hydrogen (secondary N) is 1. The Morgan fingerprint density at radius 3 is 3.00 bits per heavy atom. The summed E-state index contributed by atoms with van der Waals surface area (Å²) < 4.78 is 3.06. The highest BCUT2D eigenvalue weighted by Crippen LogP contribution is 2.32. The molecule has 0 fully saturated rings. The van der Waals surface area contributed by atoms with Crippen molar-refractivity contribution in [3.05, 3.63) is 35.1 Å². The van der Waals surface area contributed by atoms with Crippen molar-refractivity contribution >= 4 is 28.7 Å². The van der Waals surface area contributed by atoms with Crippen LogP contribution in [0.15, 0.2) is 33.8 Å². The van der Waals surface area contributed by atoms with Gasteiger partial charge in [0.25, 0.3) is 0 Å². The predicted molar refractivity (Wildman–Crippen MR) is 81.3 cm³/mol. The van der Waals surface area contributed by atoms with E-state index in [0.717, 1.165) is 33.1 Å². The van der Waals surface area contributed by atoms with Crippen LogP contribution in [-0.4, -0.2) is 26.1 Å². The molecule has 0 unspecified atom stereocenters. The summed E-state index contributed by atoms with van der Waals surface area (Å²) in [5, 5.41) is 13.6. The lowest BCUT2D eigenvalue weighted by atomic mass is 10.4. The number of aryl methyl sites for hydroxylation is 1. The first kappa shape index (κ1) is 13.5. The first-order chi connectivity index (χ1) is 9.78. The number of aromatic nitrogens is 4. The molecule has 20 heavy (non-hydrogen) atoms. The second-order valence-electron chi connectivity index (χ2n) is 4.26. The summed E-state index contributed by atoms with van der Waals surface area (Å²) in [6.07, 6.45) is 2.05. The summed E-state index contributed by atoms with van der Waals surface area (Å²) >= 11 is 3.18. The van der Waals surface area contributed by atoms with E-state index in [1.54, 1.807) is 23.1 Å². The van der Waals surface area contributed by atoms with Crippen LogP contribution < -0.4 is 5.32 Å². The molecule has 0 saturated heterocycles. The lowest BCUT2D eigenvalue weighted by molar-refractivity contribution is 0.694. The molecule has 7 heteroatoms. The molecule has 0 aliphatic heterocycles. The van der Waals surface area contributed by atoms with Gasteiger partial charge in [-0.25, -0.2) is 4.98 Å². The van der Waals surface area contributed by atoms with Crippen molar-refractivity contribution < 1.29 is 0 Å². The van der Waals surface area contributed by atoms with E-state index in [0.29, 0.717) is 0 Å². The van der Waals surface area contributed by atoms with Crippen LogP contribution in [0.4, 0.5) is 0 Å². The van der Waals surface area contributed by atoms with Gasteiger partial charge < -0.3 is 9.72 Å². The van der Waals surface area contributed by atoms with Crippen LogP contribution in [0.3, 0.4) is 0 Å². The van der Waals surface area contributed by atoms with Crippen LogP contribution in [0.1, 0.15) is 17.6 Å². The zero-order chi connectivity index (χ0) is 13.9. The minimum absolute atomic E-state index is 0.793. The molecule has 3 heterocycles. The lowest BCUT2D eigenvalue weighted by Crippen LogP contribution is -2.13. The van der Waals surface area contributed by atoms with Crippen LogP contribution >= 0.6 is 23.1 Å². The van der Waals surface area contributed by atoms with Crippen molar-refractivity contribution in [1.82, 2.24) is 24.9 Å². The average molecular weight is 305 g/mol. The summed E-state index contributed by atoms with van der Waals surface area (Å²) in [6.45, 7) is 5.79. The molecule has 0 saturated carbocycles. The number of pyridine rings is 1. The molecule has 0 atom stereocenters. The number of nitrogens with zero attached hydrogens (tertiary/aromatic N) is 4.